The number of aromatic nitrogens is 2. The van der Waals surface area contributed by atoms with Crippen LogP contribution in [0, 0.1) is 0 Å². The number of benzene rings is 1. The van der Waals surface area contributed by atoms with E-state index in [4.69, 9.17) is 9.26 Å². The van der Waals surface area contributed by atoms with Crippen molar-refractivity contribution in [2.75, 3.05) is 4.90 Å². The summed E-state index contributed by atoms with van der Waals surface area (Å²) in [6.45, 7) is 1.62. The maximum absolute atomic E-state index is 13.2. The van der Waals surface area contributed by atoms with Gasteiger partial charge in [-0.15, -0.1) is 11.3 Å². The molecule has 8 heteroatoms. The summed E-state index contributed by atoms with van der Waals surface area (Å²) >= 11 is 1.43. The number of anilines is 1. The van der Waals surface area contributed by atoms with Crippen LogP contribution in [0.5, 0.6) is 0 Å². The van der Waals surface area contributed by atoms with E-state index < -0.39 is 12.1 Å². The average Bonchev–Trinajstić information content (AvgIpc) is 3.40. The molecule has 1 saturated carbocycles. The van der Waals surface area contributed by atoms with Gasteiger partial charge in [-0.2, -0.15) is 0 Å². The number of hydrogen-bond donors (Lipinski definition) is 0. The monoisotopic (exact) mass is 413 g/mol. The molecule has 0 radical (unpaired) electrons. The molecule has 29 heavy (non-hydrogen) atoms. The second-order valence-electron chi connectivity index (χ2n) is 7.25. The van der Waals surface area contributed by atoms with E-state index in [-0.39, 0.29) is 18.4 Å². The van der Waals surface area contributed by atoms with E-state index in [0.29, 0.717) is 16.4 Å². The number of para-hydroxylation sites is 1. The largest absolute Gasteiger partial charge is 0.452 e. The van der Waals surface area contributed by atoms with Gasteiger partial charge in [0.2, 0.25) is 0 Å². The first kappa shape index (κ1) is 19.6. The molecule has 2 aromatic heterocycles. The van der Waals surface area contributed by atoms with E-state index in [0.717, 1.165) is 31.1 Å². The first-order valence-electron chi connectivity index (χ1n) is 9.89. The lowest BCUT2D eigenvalue weighted by atomic mass is 9.94. The smallest absolute Gasteiger partial charge is 0.312 e. The van der Waals surface area contributed by atoms with E-state index in [1.165, 1.54) is 17.8 Å². The van der Waals surface area contributed by atoms with Crippen molar-refractivity contribution in [3.05, 3.63) is 41.5 Å². The third kappa shape index (κ3) is 4.32. The van der Waals surface area contributed by atoms with E-state index in [9.17, 15) is 9.59 Å². The molecule has 1 atom stereocenters. The zero-order valence-corrected chi connectivity index (χ0v) is 17.1. The van der Waals surface area contributed by atoms with Crippen LogP contribution in [0.2, 0.25) is 0 Å². The second kappa shape index (κ2) is 8.73. The Morgan fingerprint density at radius 3 is 2.83 bits per heavy atom. The van der Waals surface area contributed by atoms with Gasteiger partial charge in [-0.1, -0.05) is 36.6 Å². The Labute approximate surface area is 172 Å². The molecule has 1 fully saturated rings. The quantitative estimate of drug-likeness (QED) is 0.565. The van der Waals surface area contributed by atoms with Gasteiger partial charge in [0.05, 0.1) is 6.42 Å². The minimum atomic E-state index is -0.897. The van der Waals surface area contributed by atoms with Crippen molar-refractivity contribution < 1.29 is 18.8 Å². The molecular weight excluding hydrogens is 390 g/mol. The third-order valence-electron chi connectivity index (χ3n) is 5.22. The van der Waals surface area contributed by atoms with Crippen LogP contribution in [0.1, 0.15) is 44.7 Å². The molecule has 0 spiro atoms. The molecule has 1 aliphatic carbocycles. The molecule has 4 rings (SSSR count). The Morgan fingerprint density at radius 2 is 2.07 bits per heavy atom. The average molecular weight is 413 g/mol. The summed E-state index contributed by atoms with van der Waals surface area (Å²) in [5.41, 5.74) is 1.13. The summed E-state index contributed by atoms with van der Waals surface area (Å²) in [4.78, 5) is 31.7. The maximum atomic E-state index is 13.2. The van der Waals surface area contributed by atoms with Gasteiger partial charge in [-0.25, -0.2) is 4.98 Å². The van der Waals surface area contributed by atoms with Gasteiger partial charge in [0, 0.05) is 23.0 Å². The number of amides is 1. The number of nitrogens with zero attached hydrogens (tertiary/aromatic N) is 3. The lowest BCUT2D eigenvalue weighted by Gasteiger charge is -2.33. The Morgan fingerprint density at radius 1 is 1.28 bits per heavy atom. The molecule has 152 valence electrons. The van der Waals surface area contributed by atoms with Gasteiger partial charge in [0.1, 0.15) is 5.69 Å². The fourth-order valence-corrected chi connectivity index (χ4v) is 4.51. The van der Waals surface area contributed by atoms with Gasteiger partial charge in [0.25, 0.3) is 5.91 Å². The Kier molecular flexibility index (Phi) is 5.89. The third-order valence-corrected chi connectivity index (χ3v) is 5.99. The molecule has 0 N–H and O–H groups in total. The zero-order valence-electron chi connectivity index (χ0n) is 16.2. The zero-order chi connectivity index (χ0) is 20.2. The number of esters is 1. The Balaban J connectivity index is 1.45. The normalized spacial score (nSPS) is 15.9. The molecule has 0 unspecified atom stereocenters. The highest BCUT2D eigenvalue weighted by Gasteiger charge is 2.33. The van der Waals surface area contributed by atoms with Gasteiger partial charge in [0.15, 0.2) is 16.8 Å². The van der Waals surface area contributed by atoms with E-state index >= 15 is 0 Å². The van der Waals surface area contributed by atoms with E-state index in [2.05, 4.69) is 10.1 Å². The molecule has 1 aromatic carbocycles. The van der Waals surface area contributed by atoms with Gasteiger partial charge >= 0.3 is 5.97 Å². The molecule has 0 bridgehead atoms. The molecule has 3 aromatic rings. The summed E-state index contributed by atoms with van der Waals surface area (Å²) in [5.74, 6) is -0.738. The van der Waals surface area contributed by atoms with Crippen molar-refractivity contribution in [2.24, 2.45) is 0 Å². The van der Waals surface area contributed by atoms with Crippen LogP contribution in [-0.4, -0.2) is 34.2 Å². The highest BCUT2D eigenvalue weighted by Crippen LogP contribution is 2.29. The summed E-state index contributed by atoms with van der Waals surface area (Å²) < 4.78 is 10.7. The van der Waals surface area contributed by atoms with Crippen LogP contribution in [-0.2, 0) is 20.7 Å². The van der Waals surface area contributed by atoms with Crippen LogP contribution < -0.4 is 4.90 Å². The van der Waals surface area contributed by atoms with E-state index in [1.807, 2.05) is 23.6 Å². The van der Waals surface area contributed by atoms with Crippen LogP contribution in [0.4, 0.5) is 5.13 Å². The topological polar surface area (TPSA) is 85.5 Å². The molecule has 2 heterocycles. The predicted octanol–water partition coefficient (Wildman–Crippen LogP) is 4.12. The number of rotatable bonds is 6. The van der Waals surface area contributed by atoms with Gasteiger partial charge < -0.3 is 9.26 Å². The predicted molar refractivity (Wildman–Crippen MR) is 110 cm³/mol. The summed E-state index contributed by atoms with van der Waals surface area (Å²) in [7, 11) is 0. The number of hydrogen-bond acceptors (Lipinski definition) is 7. The number of fused-ring (bicyclic) bond motifs is 1. The molecule has 7 nitrogen and oxygen atoms in total. The number of carbonyl (C=O) groups is 2. The molecule has 0 saturated heterocycles. The van der Waals surface area contributed by atoms with Crippen molar-refractivity contribution in [3.63, 3.8) is 0 Å². The lowest BCUT2D eigenvalue weighted by Crippen LogP contribution is -2.47. The molecule has 1 aliphatic rings. The first-order valence-corrected chi connectivity index (χ1v) is 10.8. The Hall–Kier alpha value is -2.74. The van der Waals surface area contributed by atoms with Crippen LogP contribution in [0.25, 0.3) is 11.0 Å². The standard InChI is InChI=1S/C21H23N3O4S/c1-14(27-19(25)13-17-16-9-5-6-10-18(16)28-23-17)20(26)24(21-22-11-12-29-21)15-7-3-2-4-8-15/h5-6,9-12,14-15H,2-4,7-8,13H2,1H3/t14-/m0/s1. The molecule has 1 amide bonds. The summed E-state index contributed by atoms with van der Waals surface area (Å²) in [6.07, 6.45) is 6.00. The highest BCUT2D eigenvalue weighted by molar-refractivity contribution is 7.13. The SMILES string of the molecule is C[C@H](OC(=O)Cc1noc2ccccc12)C(=O)N(c1nccs1)C1CCCCC1. The van der Waals surface area contributed by atoms with Crippen molar-refractivity contribution >= 4 is 39.3 Å². The van der Waals surface area contributed by atoms with E-state index in [1.54, 1.807) is 24.1 Å². The van der Waals surface area contributed by atoms with Crippen LogP contribution in [0.3, 0.4) is 0 Å². The van der Waals surface area contributed by atoms with Crippen LogP contribution in [0.15, 0.2) is 40.4 Å². The van der Waals surface area contributed by atoms with Gasteiger partial charge in [-0.05, 0) is 31.9 Å². The Bertz CT molecular complexity index is 979. The molecular formula is C21H23N3O4S. The highest BCUT2D eigenvalue weighted by atomic mass is 32.1. The molecule has 0 aliphatic heterocycles. The van der Waals surface area contributed by atoms with Crippen molar-refractivity contribution in [1.82, 2.24) is 10.1 Å². The van der Waals surface area contributed by atoms with Crippen molar-refractivity contribution in [2.45, 2.75) is 57.6 Å². The number of carbonyl (C=O) groups excluding carboxylic acids is 2. The summed E-state index contributed by atoms with van der Waals surface area (Å²) in [6, 6.07) is 7.43. The van der Waals surface area contributed by atoms with Crippen LogP contribution >= 0.6 is 11.3 Å². The minimum absolute atomic E-state index is 0.0463. The number of thiazole rings is 1. The number of ether oxygens (including phenoxy) is 1. The fourth-order valence-electron chi connectivity index (χ4n) is 3.79. The van der Waals surface area contributed by atoms with Crippen molar-refractivity contribution in [1.29, 1.82) is 0 Å². The van der Waals surface area contributed by atoms with Crippen molar-refractivity contribution in [3.8, 4) is 0 Å². The fraction of sp³-hybridized carbons (Fsp3) is 0.429. The second-order valence-corrected chi connectivity index (χ2v) is 8.12. The first-order chi connectivity index (χ1) is 14.1. The lowest BCUT2D eigenvalue weighted by molar-refractivity contribution is -0.153. The maximum Gasteiger partial charge on any atom is 0.312 e. The summed E-state index contributed by atoms with van der Waals surface area (Å²) in [5, 5.41) is 7.24. The van der Waals surface area contributed by atoms with Gasteiger partial charge in [-0.3, -0.25) is 14.5 Å². The minimum Gasteiger partial charge on any atom is -0.452 e.